The zero-order valence-electron chi connectivity index (χ0n) is 20.4. The number of likely N-dealkylation sites (N-methyl/N-ethyl adjacent to an activating group) is 1. The molecule has 2 aromatic rings. The van der Waals surface area contributed by atoms with Gasteiger partial charge in [-0.05, 0) is 30.5 Å². The Hall–Kier alpha value is -2.33. The molecule has 0 radical (unpaired) electrons. The second-order valence-corrected chi connectivity index (χ2v) is 9.39. The molecule has 0 aromatic heterocycles. The first-order valence-electron chi connectivity index (χ1n) is 12.2. The minimum Gasteiger partial charge on any atom is -0.457 e. The average Bonchev–Trinajstić information content (AvgIpc) is 2.76. The SMILES string of the molecule is CCCCCCCCCCc1cccc(OCOC(=O)C[N+](C)(C)Cc2ccccc2)c1. The molecule has 0 unspecified atom stereocenters. The van der Waals surface area contributed by atoms with Crippen molar-refractivity contribution in [3.05, 3.63) is 65.7 Å². The van der Waals surface area contributed by atoms with Gasteiger partial charge in [0.1, 0.15) is 12.3 Å². The van der Waals surface area contributed by atoms with Gasteiger partial charge in [0.15, 0.2) is 6.54 Å². The van der Waals surface area contributed by atoms with Gasteiger partial charge in [0.2, 0.25) is 6.79 Å². The molecule has 0 N–H and O–H groups in total. The summed E-state index contributed by atoms with van der Waals surface area (Å²) in [6, 6.07) is 18.3. The quantitative estimate of drug-likeness (QED) is 0.129. The number of esters is 1. The van der Waals surface area contributed by atoms with Crippen LogP contribution in [0.3, 0.4) is 0 Å². The van der Waals surface area contributed by atoms with Crippen LogP contribution in [0.25, 0.3) is 0 Å². The summed E-state index contributed by atoms with van der Waals surface area (Å²) in [6.07, 6.45) is 11.7. The van der Waals surface area contributed by atoms with Gasteiger partial charge in [-0.25, -0.2) is 4.79 Å². The van der Waals surface area contributed by atoms with Gasteiger partial charge in [0.25, 0.3) is 0 Å². The Labute approximate surface area is 195 Å². The highest BCUT2D eigenvalue weighted by Crippen LogP contribution is 2.17. The Morgan fingerprint density at radius 2 is 1.47 bits per heavy atom. The number of aryl methyl sites for hydroxylation is 1. The first-order chi connectivity index (χ1) is 15.5. The summed E-state index contributed by atoms with van der Waals surface area (Å²) in [4.78, 5) is 12.3. The van der Waals surface area contributed by atoms with Crippen molar-refractivity contribution >= 4 is 5.97 Å². The van der Waals surface area contributed by atoms with Crippen LogP contribution >= 0.6 is 0 Å². The summed E-state index contributed by atoms with van der Waals surface area (Å²) in [5, 5.41) is 0. The van der Waals surface area contributed by atoms with E-state index in [1.807, 2.05) is 44.4 Å². The maximum atomic E-state index is 12.3. The molecule has 0 aliphatic heterocycles. The van der Waals surface area contributed by atoms with Crippen LogP contribution in [0, 0.1) is 0 Å². The zero-order chi connectivity index (χ0) is 23.1. The van der Waals surface area contributed by atoms with Crippen molar-refractivity contribution < 1.29 is 18.8 Å². The molecule has 0 saturated heterocycles. The van der Waals surface area contributed by atoms with E-state index in [0.29, 0.717) is 11.0 Å². The molecule has 32 heavy (non-hydrogen) atoms. The van der Waals surface area contributed by atoms with Crippen molar-refractivity contribution in [2.24, 2.45) is 0 Å². The van der Waals surface area contributed by atoms with Crippen LogP contribution in [0.2, 0.25) is 0 Å². The van der Waals surface area contributed by atoms with Gasteiger partial charge in [0, 0.05) is 5.56 Å². The molecule has 2 aromatic carbocycles. The lowest BCUT2D eigenvalue weighted by Crippen LogP contribution is -2.43. The Balaban J connectivity index is 1.63. The molecule has 0 heterocycles. The Morgan fingerprint density at radius 1 is 0.812 bits per heavy atom. The largest absolute Gasteiger partial charge is 0.457 e. The summed E-state index contributed by atoms with van der Waals surface area (Å²) in [5.74, 6) is 0.508. The van der Waals surface area contributed by atoms with E-state index in [4.69, 9.17) is 9.47 Å². The van der Waals surface area contributed by atoms with E-state index in [1.165, 1.54) is 62.5 Å². The van der Waals surface area contributed by atoms with E-state index in [1.54, 1.807) is 0 Å². The molecule has 4 nitrogen and oxygen atoms in total. The van der Waals surface area contributed by atoms with Crippen molar-refractivity contribution in [1.29, 1.82) is 0 Å². The van der Waals surface area contributed by atoms with Crippen molar-refractivity contribution in [2.75, 3.05) is 27.4 Å². The summed E-state index contributed by atoms with van der Waals surface area (Å²) in [7, 11) is 4.06. The van der Waals surface area contributed by atoms with E-state index in [0.717, 1.165) is 18.7 Å². The first-order valence-corrected chi connectivity index (χ1v) is 12.2. The molecule has 0 fully saturated rings. The normalized spacial score (nSPS) is 11.3. The molecule has 2 rings (SSSR count). The van der Waals surface area contributed by atoms with Gasteiger partial charge in [0.05, 0.1) is 14.1 Å². The van der Waals surface area contributed by atoms with Crippen LogP contribution in [0.5, 0.6) is 5.75 Å². The summed E-state index contributed by atoms with van der Waals surface area (Å²) >= 11 is 0. The maximum Gasteiger partial charge on any atom is 0.364 e. The molecule has 0 spiro atoms. The lowest BCUT2D eigenvalue weighted by atomic mass is 10.0. The van der Waals surface area contributed by atoms with Crippen molar-refractivity contribution in [2.45, 2.75) is 71.3 Å². The van der Waals surface area contributed by atoms with E-state index >= 15 is 0 Å². The molecule has 0 saturated carbocycles. The number of carbonyl (C=O) groups excluding carboxylic acids is 1. The second kappa shape index (κ2) is 14.7. The molecule has 4 heteroatoms. The number of carbonyl (C=O) groups is 1. The minimum absolute atomic E-state index is 0.0502. The monoisotopic (exact) mass is 440 g/mol. The number of hydrogen-bond acceptors (Lipinski definition) is 3. The van der Waals surface area contributed by atoms with E-state index < -0.39 is 0 Å². The highest BCUT2D eigenvalue weighted by Gasteiger charge is 2.21. The van der Waals surface area contributed by atoms with Crippen LogP contribution in [-0.2, 0) is 22.5 Å². The molecular weight excluding hydrogens is 398 g/mol. The number of quaternary nitrogens is 1. The molecule has 176 valence electrons. The predicted octanol–water partition coefficient (Wildman–Crippen LogP) is 6.53. The number of ether oxygens (including phenoxy) is 2. The third-order valence-corrected chi connectivity index (χ3v) is 5.67. The minimum atomic E-state index is -0.249. The van der Waals surface area contributed by atoms with Crippen molar-refractivity contribution in [3.63, 3.8) is 0 Å². The van der Waals surface area contributed by atoms with Gasteiger partial charge in [-0.1, -0.05) is 94.3 Å². The van der Waals surface area contributed by atoms with Crippen LogP contribution in [-0.4, -0.2) is 37.9 Å². The van der Waals surface area contributed by atoms with Gasteiger partial charge in [-0.15, -0.1) is 0 Å². The van der Waals surface area contributed by atoms with Gasteiger partial charge in [-0.3, -0.25) is 0 Å². The van der Waals surface area contributed by atoms with Crippen LogP contribution in [0.15, 0.2) is 54.6 Å². The number of nitrogens with zero attached hydrogens (tertiary/aromatic N) is 1. The summed E-state index contributed by atoms with van der Waals surface area (Å²) in [6.45, 7) is 3.29. The average molecular weight is 441 g/mol. The Kier molecular flexibility index (Phi) is 11.9. The van der Waals surface area contributed by atoms with Gasteiger partial charge < -0.3 is 14.0 Å². The highest BCUT2D eigenvalue weighted by atomic mass is 16.7. The molecule has 0 amide bonds. The van der Waals surface area contributed by atoms with E-state index in [-0.39, 0.29) is 12.8 Å². The standard InChI is InChI=1S/C28H42NO3/c1-4-5-6-7-8-9-10-12-16-25-19-15-20-27(21-25)31-24-32-28(30)23-29(2,3)22-26-17-13-11-14-18-26/h11,13-15,17-21H,4-10,12,16,22-24H2,1-3H3/q+1. The van der Waals surface area contributed by atoms with Gasteiger partial charge >= 0.3 is 5.97 Å². The lowest BCUT2D eigenvalue weighted by molar-refractivity contribution is -0.896. The van der Waals surface area contributed by atoms with E-state index in [9.17, 15) is 4.79 Å². The molecule has 0 bridgehead atoms. The Bertz CT molecular complexity index is 773. The lowest BCUT2D eigenvalue weighted by Gasteiger charge is -2.28. The molecule has 0 atom stereocenters. The number of unbranched alkanes of at least 4 members (excludes halogenated alkanes) is 7. The van der Waals surface area contributed by atoms with Crippen LogP contribution in [0.4, 0.5) is 0 Å². The van der Waals surface area contributed by atoms with Crippen LogP contribution in [0.1, 0.15) is 69.4 Å². The smallest absolute Gasteiger partial charge is 0.364 e. The first kappa shape index (κ1) is 25.9. The maximum absolute atomic E-state index is 12.3. The fourth-order valence-electron chi connectivity index (χ4n) is 3.95. The summed E-state index contributed by atoms with van der Waals surface area (Å²) in [5.41, 5.74) is 2.48. The topological polar surface area (TPSA) is 35.5 Å². The fourth-order valence-corrected chi connectivity index (χ4v) is 3.95. The van der Waals surface area contributed by atoms with Gasteiger partial charge in [-0.2, -0.15) is 0 Å². The van der Waals surface area contributed by atoms with Crippen LogP contribution < -0.4 is 4.74 Å². The van der Waals surface area contributed by atoms with Crippen molar-refractivity contribution in [3.8, 4) is 5.75 Å². The van der Waals surface area contributed by atoms with Crippen molar-refractivity contribution in [1.82, 2.24) is 0 Å². The molecular formula is C28H42NO3+. The molecule has 0 aliphatic rings. The molecule has 0 aliphatic carbocycles. The number of benzene rings is 2. The highest BCUT2D eigenvalue weighted by molar-refractivity contribution is 5.70. The Morgan fingerprint density at radius 3 is 2.19 bits per heavy atom. The predicted molar refractivity (Wildman–Crippen MR) is 131 cm³/mol. The fraction of sp³-hybridized carbons (Fsp3) is 0.536. The zero-order valence-corrected chi connectivity index (χ0v) is 20.4. The summed E-state index contributed by atoms with van der Waals surface area (Å²) < 4.78 is 11.6. The van der Waals surface area contributed by atoms with E-state index in [2.05, 4.69) is 31.2 Å². The number of hydrogen-bond donors (Lipinski definition) is 0. The number of rotatable bonds is 16. The third-order valence-electron chi connectivity index (χ3n) is 5.67. The second-order valence-electron chi connectivity index (χ2n) is 9.39. The third kappa shape index (κ3) is 11.3.